The SMILES string of the molecule is CN1CCN(C(=O)c2ccc(-c3ccc4[nH]ccc4c3)c(OCCCCCN)c2)c2ccccc2C1. The molecule has 36 heavy (non-hydrogen) atoms. The van der Waals surface area contributed by atoms with E-state index in [2.05, 4.69) is 47.3 Å². The fourth-order valence-electron chi connectivity index (χ4n) is 4.88. The van der Waals surface area contributed by atoms with Crippen LogP contribution in [0.4, 0.5) is 5.69 Å². The van der Waals surface area contributed by atoms with Gasteiger partial charge in [0.1, 0.15) is 5.75 Å². The van der Waals surface area contributed by atoms with Gasteiger partial charge in [-0.15, -0.1) is 0 Å². The number of aromatic nitrogens is 1. The Kier molecular flexibility index (Phi) is 7.35. The van der Waals surface area contributed by atoms with Crippen LogP contribution in [-0.2, 0) is 6.54 Å². The fraction of sp³-hybridized carbons (Fsp3) is 0.300. The van der Waals surface area contributed by atoms with E-state index in [-0.39, 0.29) is 5.91 Å². The summed E-state index contributed by atoms with van der Waals surface area (Å²) in [5, 5.41) is 1.15. The summed E-state index contributed by atoms with van der Waals surface area (Å²) in [5.41, 5.74) is 11.6. The highest BCUT2D eigenvalue weighted by atomic mass is 16.5. The number of fused-ring (bicyclic) bond motifs is 2. The van der Waals surface area contributed by atoms with Gasteiger partial charge in [0.15, 0.2) is 0 Å². The average molecular weight is 483 g/mol. The van der Waals surface area contributed by atoms with Crippen LogP contribution in [0.25, 0.3) is 22.0 Å². The molecule has 0 spiro atoms. The molecule has 1 aromatic heterocycles. The molecule has 186 valence electrons. The van der Waals surface area contributed by atoms with Crippen LogP contribution in [-0.4, -0.2) is 49.1 Å². The smallest absolute Gasteiger partial charge is 0.258 e. The van der Waals surface area contributed by atoms with E-state index in [4.69, 9.17) is 10.5 Å². The molecule has 0 radical (unpaired) electrons. The highest BCUT2D eigenvalue weighted by molar-refractivity contribution is 6.07. The summed E-state index contributed by atoms with van der Waals surface area (Å²) >= 11 is 0. The number of anilines is 1. The first-order chi connectivity index (χ1) is 17.6. The Morgan fingerprint density at radius 1 is 1.00 bits per heavy atom. The van der Waals surface area contributed by atoms with Gasteiger partial charge in [-0.2, -0.15) is 0 Å². The maximum atomic E-state index is 13.8. The lowest BCUT2D eigenvalue weighted by Crippen LogP contribution is -2.35. The number of likely N-dealkylation sites (N-methyl/N-ethyl adjacent to an activating group) is 1. The van der Waals surface area contributed by atoms with E-state index >= 15 is 0 Å². The van der Waals surface area contributed by atoms with Crippen molar-refractivity contribution < 1.29 is 9.53 Å². The number of H-pyrrole nitrogens is 1. The van der Waals surface area contributed by atoms with Gasteiger partial charge in [0, 0.05) is 48.2 Å². The first-order valence-electron chi connectivity index (χ1n) is 12.8. The summed E-state index contributed by atoms with van der Waals surface area (Å²) in [6.45, 7) is 3.58. The molecule has 0 fully saturated rings. The number of benzene rings is 3. The molecule has 1 amide bonds. The molecule has 3 aromatic carbocycles. The van der Waals surface area contributed by atoms with Crippen LogP contribution >= 0.6 is 0 Å². The highest BCUT2D eigenvalue weighted by Gasteiger charge is 2.24. The third-order valence-electron chi connectivity index (χ3n) is 6.87. The van der Waals surface area contributed by atoms with Gasteiger partial charge in [-0.3, -0.25) is 4.79 Å². The van der Waals surface area contributed by atoms with E-state index in [0.29, 0.717) is 25.3 Å². The van der Waals surface area contributed by atoms with Crippen LogP contribution in [0.3, 0.4) is 0 Å². The molecule has 1 aliphatic rings. The Balaban J connectivity index is 1.48. The van der Waals surface area contributed by atoms with Gasteiger partial charge in [-0.1, -0.05) is 24.3 Å². The Morgan fingerprint density at radius 2 is 1.89 bits per heavy atom. The summed E-state index contributed by atoms with van der Waals surface area (Å²) < 4.78 is 6.29. The van der Waals surface area contributed by atoms with Crippen molar-refractivity contribution >= 4 is 22.5 Å². The van der Waals surface area contributed by atoms with Crippen LogP contribution in [0, 0.1) is 0 Å². The van der Waals surface area contributed by atoms with Gasteiger partial charge in [-0.05, 0) is 91.8 Å². The van der Waals surface area contributed by atoms with Gasteiger partial charge in [0.25, 0.3) is 5.91 Å². The minimum Gasteiger partial charge on any atom is -0.493 e. The Labute approximate surface area is 212 Å². The molecule has 0 atom stereocenters. The predicted molar refractivity (Wildman–Crippen MR) is 147 cm³/mol. The van der Waals surface area contributed by atoms with Gasteiger partial charge in [0.2, 0.25) is 0 Å². The molecule has 0 saturated heterocycles. The van der Waals surface area contributed by atoms with E-state index in [1.54, 1.807) is 0 Å². The summed E-state index contributed by atoms with van der Waals surface area (Å²) in [6, 6.07) is 22.5. The Bertz CT molecular complexity index is 1350. The molecule has 0 unspecified atom stereocenters. The number of rotatable bonds is 8. The molecule has 1 aliphatic heterocycles. The molecular weight excluding hydrogens is 448 g/mol. The normalized spacial score (nSPS) is 14.0. The molecule has 4 aromatic rings. The van der Waals surface area contributed by atoms with Gasteiger partial charge in [0.05, 0.1) is 6.61 Å². The van der Waals surface area contributed by atoms with Crippen LogP contribution in [0.2, 0.25) is 0 Å². The zero-order valence-electron chi connectivity index (χ0n) is 20.9. The first-order valence-corrected chi connectivity index (χ1v) is 12.8. The molecule has 2 heterocycles. The monoisotopic (exact) mass is 482 g/mol. The molecule has 5 rings (SSSR count). The van der Waals surface area contributed by atoms with Crippen LogP contribution in [0.1, 0.15) is 35.2 Å². The van der Waals surface area contributed by atoms with Crippen molar-refractivity contribution in [1.29, 1.82) is 0 Å². The van der Waals surface area contributed by atoms with Crippen molar-refractivity contribution in [3.63, 3.8) is 0 Å². The third-order valence-corrected chi connectivity index (χ3v) is 6.87. The average Bonchev–Trinajstić information content (AvgIpc) is 3.30. The second-order valence-corrected chi connectivity index (χ2v) is 9.51. The van der Waals surface area contributed by atoms with Crippen molar-refractivity contribution in [2.75, 3.05) is 38.2 Å². The molecule has 0 saturated carbocycles. The van der Waals surface area contributed by atoms with Crippen LogP contribution in [0.15, 0.2) is 72.9 Å². The Hall–Kier alpha value is -3.61. The van der Waals surface area contributed by atoms with Crippen LogP contribution < -0.4 is 15.4 Å². The number of para-hydroxylation sites is 1. The number of carbonyl (C=O) groups excluding carboxylic acids is 1. The summed E-state index contributed by atoms with van der Waals surface area (Å²) in [6.07, 6.45) is 4.89. The van der Waals surface area contributed by atoms with Gasteiger partial charge in [-0.25, -0.2) is 0 Å². The van der Waals surface area contributed by atoms with Crippen molar-refractivity contribution in [3.05, 3.63) is 84.1 Å². The number of nitrogens with zero attached hydrogens (tertiary/aromatic N) is 2. The largest absolute Gasteiger partial charge is 0.493 e. The maximum absolute atomic E-state index is 13.8. The second-order valence-electron chi connectivity index (χ2n) is 9.51. The van der Waals surface area contributed by atoms with E-state index in [1.807, 2.05) is 47.5 Å². The third kappa shape index (κ3) is 5.15. The van der Waals surface area contributed by atoms with Gasteiger partial charge < -0.3 is 25.3 Å². The number of unbranched alkanes of at least 4 members (excludes halogenated alkanes) is 2. The number of carbonyl (C=O) groups is 1. The number of nitrogens with two attached hydrogens (primary N) is 1. The number of amides is 1. The number of aromatic amines is 1. The molecule has 6 nitrogen and oxygen atoms in total. The lowest BCUT2D eigenvalue weighted by Gasteiger charge is -2.23. The lowest BCUT2D eigenvalue weighted by molar-refractivity contribution is 0.0985. The van der Waals surface area contributed by atoms with E-state index in [0.717, 1.165) is 65.8 Å². The molecule has 0 bridgehead atoms. The predicted octanol–water partition coefficient (Wildman–Crippen LogP) is 5.43. The number of ether oxygens (including phenoxy) is 1. The number of hydrogen-bond acceptors (Lipinski definition) is 4. The first kappa shape index (κ1) is 24.1. The molecule has 0 aliphatic carbocycles. The second kappa shape index (κ2) is 11.0. The van der Waals surface area contributed by atoms with Gasteiger partial charge >= 0.3 is 0 Å². The molecular formula is C30H34N4O2. The minimum atomic E-state index is -0.00151. The molecule has 3 N–H and O–H groups in total. The van der Waals surface area contributed by atoms with E-state index in [1.165, 1.54) is 5.56 Å². The number of hydrogen-bond donors (Lipinski definition) is 2. The zero-order valence-corrected chi connectivity index (χ0v) is 20.9. The van der Waals surface area contributed by atoms with Crippen molar-refractivity contribution in [1.82, 2.24) is 9.88 Å². The summed E-state index contributed by atoms with van der Waals surface area (Å²) in [5.74, 6) is 0.738. The fourth-order valence-corrected chi connectivity index (χ4v) is 4.88. The number of nitrogens with one attached hydrogen (secondary N) is 1. The van der Waals surface area contributed by atoms with Crippen molar-refractivity contribution in [2.45, 2.75) is 25.8 Å². The van der Waals surface area contributed by atoms with E-state index < -0.39 is 0 Å². The van der Waals surface area contributed by atoms with Crippen LogP contribution in [0.5, 0.6) is 5.75 Å². The quantitative estimate of drug-likeness (QED) is 0.328. The zero-order chi connectivity index (χ0) is 24.9. The topological polar surface area (TPSA) is 74.6 Å². The van der Waals surface area contributed by atoms with E-state index in [9.17, 15) is 4.79 Å². The lowest BCUT2D eigenvalue weighted by atomic mass is 10.0. The summed E-state index contributed by atoms with van der Waals surface area (Å²) in [7, 11) is 2.09. The molecule has 6 heteroatoms. The maximum Gasteiger partial charge on any atom is 0.258 e. The van der Waals surface area contributed by atoms with Crippen molar-refractivity contribution in [3.8, 4) is 16.9 Å². The van der Waals surface area contributed by atoms with Crippen molar-refractivity contribution in [2.24, 2.45) is 5.73 Å². The standard InChI is InChI=1S/C30H34N4O2/c1-33-16-17-34(28-8-4-3-7-25(28)21-33)30(35)24-9-11-26(29(20-24)36-18-6-2-5-14-31)22-10-12-27-23(19-22)13-15-32-27/h3-4,7-13,15,19-20,32H,2,5-6,14,16-18,21,31H2,1H3. The minimum absolute atomic E-state index is 0.00151. The summed E-state index contributed by atoms with van der Waals surface area (Å²) in [4.78, 5) is 21.2. The Morgan fingerprint density at radius 3 is 2.78 bits per heavy atom. The highest BCUT2D eigenvalue weighted by Crippen LogP contribution is 2.34.